The fourth-order valence-electron chi connectivity index (χ4n) is 3.38. The number of phenols is 1. The maximum atomic E-state index is 12.1. The lowest BCUT2D eigenvalue weighted by atomic mass is 9.87. The van der Waals surface area contributed by atoms with Gasteiger partial charge in [0.25, 0.3) is 0 Å². The summed E-state index contributed by atoms with van der Waals surface area (Å²) in [7, 11) is 0. The van der Waals surface area contributed by atoms with Crippen LogP contribution in [0.5, 0.6) is 5.75 Å². The molecule has 0 bridgehead atoms. The molecule has 22 heavy (non-hydrogen) atoms. The molecular weight excluding hydrogens is 274 g/mol. The fraction of sp³-hybridized carbons (Fsp3) is 0.211. The predicted molar refractivity (Wildman–Crippen MR) is 86.4 cm³/mol. The first-order valence-corrected chi connectivity index (χ1v) is 7.64. The molecule has 1 aliphatic rings. The molecule has 0 spiro atoms. The number of rotatable bonds is 2. The second kappa shape index (κ2) is 5.02. The zero-order valence-corrected chi connectivity index (χ0v) is 12.2. The molecule has 3 aromatic rings. The number of carbonyl (C=O) groups is 1. The number of phenolic OH excluding ortho intramolecular Hbond substituents is 1. The molecule has 0 radical (unpaired) electrons. The minimum Gasteiger partial charge on any atom is -0.508 e. The van der Waals surface area contributed by atoms with Gasteiger partial charge in [0, 0.05) is 29.9 Å². The molecule has 0 unspecified atom stereocenters. The highest BCUT2D eigenvalue weighted by molar-refractivity contribution is 5.99. The highest BCUT2D eigenvalue weighted by Crippen LogP contribution is 2.31. The first-order valence-electron chi connectivity index (χ1n) is 7.64. The van der Waals surface area contributed by atoms with E-state index in [9.17, 15) is 9.90 Å². The standard InChI is InChI=1S/C19H17NO2/c21-18-7-3-6-15-16(18)8-9-19(22)17(15)12-20-10-13-4-1-2-5-14(13)11-20/h1-2,4-5,8-11,22H,3,6-7,12H2. The van der Waals surface area contributed by atoms with Crippen molar-refractivity contribution in [1.82, 2.24) is 4.57 Å². The SMILES string of the molecule is O=C1CCCc2c1ccc(O)c2Cn1cc2ccccc2c1. The molecule has 3 heteroatoms. The van der Waals surface area contributed by atoms with Crippen molar-refractivity contribution < 1.29 is 9.90 Å². The van der Waals surface area contributed by atoms with Crippen LogP contribution in [0, 0.1) is 0 Å². The monoisotopic (exact) mass is 291 g/mol. The number of benzene rings is 2. The predicted octanol–water partition coefficient (Wildman–Crippen LogP) is 3.91. The Hall–Kier alpha value is -2.55. The van der Waals surface area contributed by atoms with Gasteiger partial charge in [-0.05, 0) is 41.3 Å². The summed E-state index contributed by atoms with van der Waals surface area (Å²) in [6, 6.07) is 11.6. The average Bonchev–Trinajstić information content (AvgIpc) is 2.93. The Kier molecular flexibility index (Phi) is 3.00. The third-order valence-corrected chi connectivity index (χ3v) is 4.48. The molecule has 1 N–H and O–H groups in total. The number of aromatic hydroxyl groups is 1. The van der Waals surface area contributed by atoms with Gasteiger partial charge >= 0.3 is 0 Å². The average molecular weight is 291 g/mol. The van der Waals surface area contributed by atoms with E-state index in [1.54, 1.807) is 12.1 Å². The molecule has 4 rings (SSSR count). The summed E-state index contributed by atoms with van der Waals surface area (Å²) in [4.78, 5) is 12.1. The van der Waals surface area contributed by atoms with Crippen molar-refractivity contribution in [3.63, 3.8) is 0 Å². The Bertz CT molecular complexity index is 843. The minimum absolute atomic E-state index is 0.195. The van der Waals surface area contributed by atoms with Gasteiger partial charge in [-0.25, -0.2) is 0 Å². The summed E-state index contributed by atoms with van der Waals surface area (Å²) in [5.74, 6) is 0.478. The number of ketones is 1. The maximum absolute atomic E-state index is 12.1. The van der Waals surface area contributed by atoms with Crippen LogP contribution >= 0.6 is 0 Å². The largest absolute Gasteiger partial charge is 0.508 e. The third-order valence-electron chi connectivity index (χ3n) is 4.48. The van der Waals surface area contributed by atoms with E-state index in [2.05, 4.69) is 29.1 Å². The van der Waals surface area contributed by atoms with Crippen LogP contribution in [-0.4, -0.2) is 15.5 Å². The van der Waals surface area contributed by atoms with Crippen LogP contribution in [0.1, 0.15) is 34.3 Å². The molecule has 0 amide bonds. The number of hydrogen-bond acceptors (Lipinski definition) is 2. The van der Waals surface area contributed by atoms with Crippen molar-refractivity contribution in [3.05, 3.63) is 65.5 Å². The quantitative estimate of drug-likeness (QED) is 0.777. The van der Waals surface area contributed by atoms with Crippen LogP contribution in [0.3, 0.4) is 0 Å². The van der Waals surface area contributed by atoms with Gasteiger partial charge in [0.15, 0.2) is 5.78 Å². The van der Waals surface area contributed by atoms with Crippen LogP contribution in [0.4, 0.5) is 0 Å². The second-order valence-corrected chi connectivity index (χ2v) is 5.93. The molecule has 0 saturated heterocycles. The summed E-state index contributed by atoms with van der Waals surface area (Å²) in [5.41, 5.74) is 2.69. The van der Waals surface area contributed by atoms with Gasteiger partial charge in [-0.15, -0.1) is 0 Å². The smallest absolute Gasteiger partial charge is 0.163 e. The molecule has 3 nitrogen and oxygen atoms in total. The van der Waals surface area contributed by atoms with Crippen LogP contribution in [0.2, 0.25) is 0 Å². The maximum Gasteiger partial charge on any atom is 0.163 e. The first kappa shape index (κ1) is 13.1. The fourth-order valence-corrected chi connectivity index (χ4v) is 3.38. The van der Waals surface area contributed by atoms with Crippen molar-refractivity contribution in [3.8, 4) is 5.75 Å². The molecule has 1 heterocycles. The van der Waals surface area contributed by atoms with Crippen molar-refractivity contribution in [2.24, 2.45) is 0 Å². The van der Waals surface area contributed by atoms with E-state index in [1.807, 2.05) is 12.1 Å². The minimum atomic E-state index is 0.195. The molecule has 0 saturated carbocycles. The summed E-state index contributed by atoms with van der Waals surface area (Å²) in [5, 5.41) is 12.6. The van der Waals surface area contributed by atoms with Gasteiger partial charge in [-0.2, -0.15) is 0 Å². The van der Waals surface area contributed by atoms with Gasteiger partial charge in [0.2, 0.25) is 0 Å². The lowest BCUT2D eigenvalue weighted by Crippen LogP contribution is -2.14. The van der Waals surface area contributed by atoms with Gasteiger partial charge in [-0.3, -0.25) is 4.79 Å². The normalized spacial score (nSPS) is 14.3. The molecule has 2 aromatic carbocycles. The second-order valence-electron chi connectivity index (χ2n) is 5.93. The number of fused-ring (bicyclic) bond motifs is 2. The van der Waals surface area contributed by atoms with Gasteiger partial charge in [0.05, 0.1) is 6.54 Å². The number of nitrogens with zero attached hydrogens (tertiary/aromatic N) is 1. The van der Waals surface area contributed by atoms with Crippen molar-refractivity contribution in [2.45, 2.75) is 25.8 Å². The van der Waals surface area contributed by atoms with Gasteiger partial charge in [0.1, 0.15) is 5.75 Å². The van der Waals surface area contributed by atoms with Crippen LogP contribution in [0.15, 0.2) is 48.8 Å². The summed E-state index contributed by atoms with van der Waals surface area (Å²) in [6.07, 6.45) is 6.52. The summed E-state index contributed by atoms with van der Waals surface area (Å²) in [6.45, 7) is 0.594. The van der Waals surface area contributed by atoms with Crippen LogP contribution < -0.4 is 0 Å². The van der Waals surface area contributed by atoms with Crippen LogP contribution in [-0.2, 0) is 13.0 Å². The van der Waals surface area contributed by atoms with E-state index in [4.69, 9.17) is 0 Å². The molecule has 1 aromatic heterocycles. The zero-order chi connectivity index (χ0) is 15.1. The van der Waals surface area contributed by atoms with E-state index < -0.39 is 0 Å². The Morgan fingerprint density at radius 2 is 1.73 bits per heavy atom. The Balaban J connectivity index is 1.79. The Morgan fingerprint density at radius 3 is 2.45 bits per heavy atom. The van der Waals surface area contributed by atoms with Crippen molar-refractivity contribution >= 4 is 16.6 Å². The van der Waals surface area contributed by atoms with Crippen molar-refractivity contribution in [2.75, 3.05) is 0 Å². The zero-order valence-electron chi connectivity index (χ0n) is 12.2. The molecule has 1 aliphatic carbocycles. The van der Waals surface area contributed by atoms with Gasteiger partial charge < -0.3 is 9.67 Å². The molecule has 0 aliphatic heterocycles. The molecule has 0 atom stereocenters. The highest BCUT2D eigenvalue weighted by Gasteiger charge is 2.21. The number of aromatic nitrogens is 1. The molecule has 0 fully saturated rings. The third kappa shape index (κ3) is 2.10. The van der Waals surface area contributed by atoms with Crippen molar-refractivity contribution in [1.29, 1.82) is 0 Å². The van der Waals surface area contributed by atoms with Gasteiger partial charge in [-0.1, -0.05) is 24.3 Å². The van der Waals surface area contributed by atoms with E-state index in [-0.39, 0.29) is 11.5 Å². The molecule has 110 valence electrons. The topological polar surface area (TPSA) is 42.2 Å². The number of hydrogen-bond donors (Lipinski definition) is 1. The number of carbonyl (C=O) groups excluding carboxylic acids is 1. The van der Waals surface area contributed by atoms with E-state index in [0.29, 0.717) is 13.0 Å². The van der Waals surface area contributed by atoms with E-state index in [0.717, 1.165) is 29.5 Å². The Morgan fingerprint density at radius 1 is 1.00 bits per heavy atom. The summed E-state index contributed by atoms with van der Waals surface area (Å²) < 4.78 is 2.08. The van der Waals surface area contributed by atoms with E-state index in [1.165, 1.54) is 10.8 Å². The number of Topliss-reactive ketones (excluding diaryl/α,β-unsaturated/α-hetero) is 1. The molecular formula is C19H17NO2. The lowest BCUT2D eigenvalue weighted by molar-refractivity contribution is 0.0972. The van der Waals surface area contributed by atoms with E-state index >= 15 is 0 Å². The lowest BCUT2D eigenvalue weighted by Gasteiger charge is -2.20. The summed E-state index contributed by atoms with van der Waals surface area (Å²) >= 11 is 0. The highest BCUT2D eigenvalue weighted by atomic mass is 16.3. The first-order chi connectivity index (χ1) is 10.7. The Labute approximate surface area is 128 Å². The van der Waals surface area contributed by atoms with Crippen LogP contribution in [0.25, 0.3) is 10.8 Å².